The molecular weight excluding hydrogens is 384 g/mol. The van der Waals surface area contributed by atoms with Crippen LogP contribution < -0.4 is 4.74 Å². The van der Waals surface area contributed by atoms with Crippen molar-refractivity contribution in [1.29, 1.82) is 0 Å². The lowest BCUT2D eigenvalue weighted by molar-refractivity contribution is -0.384. The summed E-state index contributed by atoms with van der Waals surface area (Å²) in [5.41, 5.74) is 3.15. The first-order chi connectivity index (χ1) is 14.5. The van der Waals surface area contributed by atoms with Gasteiger partial charge in [-0.2, -0.15) is 0 Å². The van der Waals surface area contributed by atoms with Crippen molar-refractivity contribution in [3.05, 3.63) is 93.5 Å². The van der Waals surface area contributed by atoms with Crippen LogP contribution in [0.1, 0.15) is 16.7 Å². The molecule has 154 valence electrons. The van der Waals surface area contributed by atoms with Crippen LogP contribution in [0.3, 0.4) is 0 Å². The SMILES string of the molecule is O=[N+]([O-])c1ccc(OCC2Cc3cc(O)c(O)cc3CN2Cc2ccccc2)cc1. The Balaban J connectivity index is 1.53. The van der Waals surface area contributed by atoms with Crippen LogP contribution in [0, 0.1) is 10.1 Å². The lowest BCUT2D eigenvalue weighted by Gasteiger charge is -2.37. The number of non-ortho nitro benzene ring substituents is 1. The number of nitro groups is 1. The lowest BCUT2D eigenvalue weighted by atomic mass is 9.93. The van der Waals surface area contributed by atoms with E-state index in [9.17, 15) is 20.3 Å². The fraction of sp³-hybridized carbons (Fsp3) is 0.217. The highest BCUT2D eigenvalue weighted by Gasteiger charge is 2.28. The van der Waals surface area contributed by atoms with Crippen molar-refractivity contribution < 1.29 is 19.9 Å². The summed E-state index contributed by atoms with van der Waals surface area (Å²) >= 11 is 0. The van der Waals surface area contributed by atoms with Gasteiger partial charge < -0.3 is 14.9 Å². The molecule has 0 saturated carbocycles. The van der Waals surface area contributed by atoms with Crippen molar-refractivity contribution in [3.8, 4) is 17.2 Å². The van der Waals surface area contributed by atoms with E-state index < -0.39 is 4.92 Å². The maximum atomic E-state index is 10.8. The predicted octanol–water partition coefficient (Wildman–Crippen LogP) is 4.01. The van der Waals surface area contributed by atoms with Crippen molar-refractivity contribution >= 4 is 5.69 Å². The van der Waals surface area contributed by atoms with E-state index >= 15 is 0 Å². The molecule has 0 bridgehead atoms. The van der Waals surface area contributed by atoms with Crippen LogP contribution in [0.5, 0.6) is 17.2 Å². The predicted molar refractivity (Wildman–Crippen MR) is 112 cm³/mol. The molecule has 1 atom stereocenters. The van der Waals surface area contributed by atoms with Crippen LogP contribution in [0.15, 0.2) is 66.7 Å². The van der Waals surface area contributed by atoms with Gasteiger partial charge in [-0.25, -0.2) is 0 Å². The van der Waals surface area contributed by atoms with Gasteiger partial charge in [0, 0.05) is 31.3 Å². The molecule has 0 spiro atoms. The standard InChI is InChI=1S/C23H22N2O5/c26-22-11-17-10-20(15-30-21-8-6-19(7-9-21)25(28)29)24(14-18(17)12-23(22)27)13-16-4-2-1-3-5-16/h1-9,11-12,20,26-27H,10,13-15H2. The molecule has 1 aliphatic rings. The summed E-state index contributed by atoms with van der Waals surface area (Å²) in [4.78, 5) is 12.7. The first kappa shape index (κ1) is 19.7. The van der Waals surface area contributed by atoms with E-state index in [2.05, 4.69) is 17.0 Å². The monoisotopic (exact) mass is 406 g/mol. The van der Waals surface area contributed by atoms with E-state index in [1.165, 1.54) is 17.7 Å². The molecule has 3 aromatic carbocycles. The molecule has 0 fully saturated rings. The van der Waals surface area contributed by atoms with E-state index in [0.717, 1.165) is 17.7 Å². The van der Waals surface area contributed by atoms with E-state index in [-0.39, 0.29) is 23.2 Å². The molecule has 4 rings (SSSR count). The molecule has 7 nitrogen and oxygen atoms in total. The molecule has 1 heterocycles. The first-order valence-corrected chi connectivity index (χ1v) is 9.68. The molecule has 1 aliphatic heterocycles. The summed E-state index contributed by atoms with van der Waals surface area (Å²) in [5, 5.41) is 30.6. The van der Waals surface area contributed by atoms with E-state index in [4.69, 9.17) is 4.74 Å². The Kier molecular flexibility index (Phi) is 5.54. The Labute approximate surface area is 173 Å². The number of phenolic OH excluding ortho intramolecular Hbond substituents is 2. The summed E-state index contributed by atoms with van der Waals surface area (Å²) in [6, 6.07) is 19.4. The molecule has 3 aromatic rings. The largest absolute Gasteiger partial charge is 0.504 e. The molecule has 0 aliphatic carbocycles. The fourth-order valence-corrected chi connectivity index (χ4v) is 3.76. The summed E-state index contributed by atoms with van der Waals surface area (Å²) in [7, 11) is 0. The zero-order valence-electron chi connectivity index (χ0n) is 16.3. The van der Waals surface area contributed by atoms with Crippen LogP contribution in [0.2, 0.25) is 0 Å². The lowest BCUT2D eigenvalue weighted by Crippen LogP contribution is -2.43. The molecule has 30 heavy (non-hydrogen) atoms. The van der Waals surface area contributed by atoms with Crippen molar-refractivity contribution in [3.63, 3.8) is 0 Å². The maximum Gasteiger partial charge on any atom is 0.269 e. The average Bonchev–Trinajstić information content (AvgIpc) is 2.74. The smallest absolute Gasteiger partial charge is 0.269 e. The second-order valence-corrected chi connectivity index (χ2v) is 7.42. The summed E-state index contributed by atoms with van der Waals surface area (Å²) < 4.78 is 5.94. The third-order valence-corrected chi connectivity index (χ3v) is 5.36. The van der Waals surface area contributed by atoms with E-state index in [0.29, 0.717) is 25.3 Å². The normalized spacial score (nSPS) is 16.1. The van der Waals surface area contributed by atoms with Crippen LogP contribution in [0.4, 0.5) is 5.69 Å². The van der Waals surface area contributed by atoms with Gasteiger partial charge >= 0.3 is 0 Å². The number of ether oxygens (including phenoxy) is 1. The Morgan fingerprint density at radius 3 is 2.33 bits per heavy atom. The third-order valence-electron chi connectivity index (χ3n) is 5.36. The number of hydrogen-bond acceptors (Lipinski definition) is 6. The van der Waals surface area contributed by atoms with E-state index in [1.807, 2.05) is 18.2 Å². The Morgan fingerprint density at radius 1 is 1.00 bits per heavy atom. The second-order valence-electron chi connectivity index (χ2n) is 7.42. The quantitative estimate of drug-likeness (QED) is 0.365. The topological polar surface area (TPSA) is 96.1 Å². The Hall–Kier alpha value is -3.58. The van der Waals surface area contributed by atoms with Crippen LogP contribution in [0.25, 0.3) is 0 Å². The number of nitrogens with zero attached hydrogens (tertiary/aromatic N) is 2. The van der Waals surface area contributed by atoms with Crippen molar-refractivity contribution in [2.24, 2.45) is 0 Å². The minimum atomic E-state index is -0.439. The van der Waals surface area contributed by atoms with Gasteiger partial charge in [0.25, 0.3) is 5.69 Å². The van der Waals surface area contributed by atoms with Gasteiger partial charge in [-0.3, -0.25) is 15.0 Å². The maximum absolute atomic E-state index is 10.8. The summed E-state index contributed by atoms with van der Waals surface area (Å²) in [6.07, 6.45) is 0.656. The second kappa shape index (κ2) is 8.42. The van der Waals surface area contributed by atoms with Crippen LogP contribution >= 0.6 is 0 Å². The minimum Gasteiger partial charge on any atom is -0.504 e. The number of aromatic hydroxyl groups is 2. The molecule has 1 unspecified atom stereocenters. The van der Waals surface area contributed by atoms with Gasteiger partial charge in [-0.1, -0.05) is 30.3 Å². The fourth-order valence-electron chi connectivity index (χ4n) is 3.76. The van der Waals surface area contributed by atoms with Crippen LogP contribution in [-0.4, -0.2) is 32.7 Å². The molecule has 0 saturated heterocycles. The highest BCUT2D eigenvalue weighted by atomic mass is 16.6. The highest BCUT2D eigenvalue weighted by molar-refractivity contribution is 5.47. The molecule has 2 N–H and O–H groups in total. The number of fused-ring (bicyclic) bond motifs is 1. The van der Waals surface area contributed by atoms with Crippen LogP contribution in [-0.2, 0) is 19.5 Å². The Morgan fingerprint density at radius 2 is 1.67 bits per heavy atom. The molecule has 0 radical (unpaired) electrons. The van der Waals surface area contributed by atoms with Gasteiger partial charge in [0.2, 0.25) is 0 Å². The number of rotatable bonds is 6. The zero-order valence-corrected chi connectivity index (χ0v) is 16.3. The van der Waals surface area contributed by atoms with Crippen molar-refractivity contribution in [2.75, 3.05) is 6.61 Å². The van der Waals surface area contributed by atoms with Gasteiger partial charge in [0.1, 0.15) is 12.4 Å². The van der Waals surface area contributed by atoms with Gasteiger partial charge in [0.05, 0.1) is 4.92 Å². The number of hydrogen-bond donors (Lipinski definition) is 2. The summed E-state index contributed by atoms with van der Waals surface area (Å²) in [5.74, 6) is 0.328. The number of phenols is 2. The van der Waals surface area contributed by atoms with Crippen molar-refractivity contribution in [2.45, 2.75) is 25.6 Å². The zero-order chi connectivity index (χ0) is 21.1. The van der Waals surface area contributed by atoms with Gasteiger partial charge in [-0.15, -0.1) is 0 Å². The third kappa shape index (κ3) is 4.36. The van der Waals surface area contributed by atoms with E-state index in [1.54, 1.807) is 24.3 Å². The highest BCUT2D eigenvalue weighted by Crippen LogP contribution is 2.34. The minimum absolute atomic E-state index is 0.0231. The first-order valence-electron chi connectivity index (χ1n) is 9.68. The van der Waals surface area contributed by atoms with Gasteiger partial charge in [-0.05, 0) is 47.4 Å². The number of nitro benzene ring substituents is 1. The molecular formula is C23H22N2O5. The van der Waals surface area contributed by atoms with Gasteiger partial charge in [0.15, 0.2) is 11.5 Å². The molecule has 0 amide bonds. The summed E-state index contributed by atoms with van der Waals surface area (Å²) in [6.45, 7) is 1.73. The molecule has 0 aromatic heterocycles. The Bertz CT molecular complexity index is 1040. The molecule has 7 heteroatoms. The number of benzene rings is 3. The van der Waals surface area contributed by atoms with Crippen molar-refractivity contribution in [1.82, 2.24) is 4.90 Å². The average molecular weight is 406 g/mol.